The second-order valence-electron chi connectivity index (χ2n) is 3.00. The fraction of sp³-hybridized carbons (Fsp3) is 0.167. The Bertz CT molecular complexity index is 429. The van der Waals surface area contributed by atoms with Crippen LogP contribution in [0.3, 0.4) is 0 Å². The first-order chi connectivity index (χ1) is 7.42. The van der Waals surface area contributed by atoms with Gasteiger partial charge in [0.25, 0.3) is 0 Å². The fourth-order valence-electron chi connectivity index (χ4n) is 1.36. The summed E-state index contributed by atoms with van der Waals surface area (Å²) in [6, 6.07) is 9.50. The number of pyridine rings is 2. The Morgan fingerprint density at radius 1 is 1.07 bits per heavy atom. The molecule has 2 heterocycles. The van der Waals surface area contributed by atoms with Crippen LogP contribution >= 0.6 is 0 Å². The summed E-state index contributed by atoms with van der Waals surface area (Å²) in [6.07, 6.45) is 3.49. The SMILES string of the molecule is CCOc1cccnc1-c1ccccn1. The molecule has 0 aliphatic carbocycles. The van der Waals surface area contributed by atoms with Crippen molar-refractivity contribution in [2.24, 2.45) is 0 Å². The van der Waals surface area contributed by atoms with Gasteiger partial charge in [-0.1, -0.05) is 6.07 Å². The van der Waals surface area contributed by atoms with Gasteiger partial charge in [0.1, 0.15) is 11.4 Å². The van der Waals surface area contributed by atoms with Crippen LogP contribution in [0, 0.1) is 0 Å². The van der Waals surface area contributed by atoms with Crippen molar-refractivity contribution in [2.75, 3.05) is 6.61 Å². The van der Waals surface area contributed by atoms with Gasteiger partial charge in [-0.3, -0.25) is 9.97 Å². The highest BCUT2D eigenvalue weighted by atomic mass is 16.5. The Kier molecular flexibility index (Phi) is 2.93. The summed E-state index contributed by atoms with van der Waals surface area (Å²) in [5.41, 5.74) is 1.63. The number of ether oxygens (including phenoxy) is 1. The van der Waals surface area contributed by atoms with Crippen molar-refractivity contribution in [3.63, 3.8) is 0 Å². The first kappa shape index (κ1) is 9.65. The minimum absolute atomic E-state index is 0.630. The molecule has 0 aromatic carbocycles. The van der Waals surface area contributed by atoms with E-state index in [0.29, 0.717) is 6.61 Å². The first-order valence-corrected chi connectivity index (χ1v) is 4.91. The molecule has 0 atom stereocenters. The molecular formula is C12H12N2O. The highest BCUT2D eigenvalue weighted by Crippen LogP contribution is 2.25. The van der Waals surface area contributed by atoms with Gasteiger partial charge in [0, 0.05) is 12.4 Å². The van der Waals surface area contributed by atoms with Gasteiger partial charge >= 0.3 is 0 Å². The minimum Gasteiger partial charge on any atom is -0.492 e. The van der Waals surface area contributed by atoms with Crippen molar-refractivity contribution in [1.82, 2.24) is 9.97 Å². The van der Waals surface area contributed by atoms with Gasteiger partial charge in [0.15, 0.2) is 0 Å². The van der Waals surface area contributed by atoms with Gasteiger partial charge < -0.3 is 4.74 Å². The van der Waals surface area contributed by atoms with Crippen molar-refractivity contribution in [3.05, 3.63) is 42.7 Å². The van der Waals surface area contributed by atoms with Crippen LogP contribution < -0.4 is 4.74 Å². The maximum absolute atomic E-state index is 5.49. The van der Waals surface area contributed by atoms with Gasteiger partial charge in [-0.2, -0.15) is 0 Å². The molecular weight excluding hydrogens is 188 g/mol. The van der Waals surface area contributed by atoms with Gasteiger partial charge in [-0.25, -0.2) is 0 Å². The molecule has 15 heavy (non-hydrogen) atoms. The molecule has 0 fully saturated rings. The summed E-state index contributed by atoms with van der Waals surface area (Å²) < 4.78 is 5.49. The van der Waals surface area contributed by atoms with E-state index in [0.717, 1.165) is 17.1 Å². The molecule has 2 rings (SSSR count). The van der Waals surface area contributed by atoms with Crippen molar-refractivity contribution in [2.45, 2.75) is 6.92 Å². The first-order valence-electron chi connectivity index (χ1n) is 4.91. The molecule has 3 nitrogen and oxygen atoms in total. The third-order valence-electron chi connectivity index (χ3n) is 1.98. The van der Waals surface area contributed by atoms with Crippen LogP contribution in [-0.2, 0) is 0 Å². The summed E-state index contributed by atoms with van der Waals surface area (Å²) in [7, 11) is 0. The monoisotopic (exact) mass is 200 g/mol. The normalized spacial score (nSPS) is 9.93. The van der Waals surface area contributed by atoms with Gasteiger partial charge in [-0.15, -0.1) is 0 Å². The van der Waals surface area contributed by atoms with E-state index in [-0.39, 0.29) is 0 Å². The van der Waals surface area contributed by atoms with E-state index < -0.39 is 0 Å². The molecule has 0 bridgehead atoms. The van der Waals surface area contributed by atoms with E-state index >= 15 is 0 Å². The second kappa shape index (κ2) is 4.55. The summed E-state index contributed by atoms with van der Waals surface area (Å²) in [4.78, 5) is 8.53. The van der Waals surface area contributed by atoms with Crippen LogP contribution in [-0.4, -0.2) is 16.6 Å². The smallest absolute Gasteiger partial charge is 0.147 e. The number of hydrogen-bond donors (Lipinski definition) is 0. The van der Waals surface area contributed by atoms with Crippen LogP contribution in [0.4, 0.5) is 0 Å². The lowest BCUT2D eigenvalue weighted by Crippen LogP contribution is -1.96. The number of aromatic nitrogens is 2. The van der Waals surface area contributed by atoms with Crippen LogP contribution in [0.2, 0.25) is 0 Å². The minimum atomic E-state index is 0.630. The van der Waals surface area contributed by atoms with Gasteiger partial charge in [0.05, 0.1) is 12.3 Å². The quantitative estimate of drug-likeness (QED) is 0.763. The molecule has 0 N–H and O–H groups in total. The van der Waals surface area contributed by atoms with Crippen LogP contribution in [0.25, 0.3) is 11.4 Å². The third kappa shape index (κ3) is 2.13. The Labute approximate surface area is 88.8 Å². The molecule has 2 aromatic heterocycles. The van der Waals surface area contributed by atoms with E-state index in [1.807, 2.05) is 37.3 Å². The molecule has 0 aliphatic rings. The van der Waals surface area contributed by atoms with E-state index in [2.05, 4.69) is 9.97 Å². The molecule has 2 aromatic rings. The maximum atomic E-state index is 5.49. The van der Waals surface area contributed by atoms with Crippen molar-refractivity contribution >= 4 is 0 Å². The lowest BCUT2D eigenvalue weighted by molar-refractivity contribution is 0.340. The molecule has 0 saturated carbocycles. The Morgan fingerprint density at radius 3 is 2.67 bits per heavy atom. The number of rotatable bonds is 3. The lowest BCUT2D eigenvalue weighted by atomic mass is 10.2. The summed E-state index contributed by atoms with van der Waals surface area (Å²) in [6.45, 7) is 2.58. The summed E-state index contributed by atoms with van der Waals surface area (Å²) in [5.74, 6) is 0.777. The predicted molar refractivity (Wildman–Crippen MR) is 58.6 cm³/mol. The van der Waals surface area contributed by atoms with Crippen molar-refractivity contribution in [1.29, 1.82) is 0 Å². The van der Waals surface area contributed by atoms with Crippen molar-refractivity contribution < 1.29 is 4.74 Å². The van der Waals surface area contributed by atoms with E-state index in [1.165, 1.54) is 0 Å². The van der Waals surface area contributed by atoms with E-state index in [9.17, 15) is 0 Å². The molecule has 3 heteroatoms. The zero-order chi connectivity index (χ0) is 10.5. The molecule has 0 aliphatic heterocycles. The Balaban J connectivity index is 2.43. The highest BCUT2D eigenvalue weighted by Gasteiger charge is 2.06. The summed E-state index contributed by atoms with van der Waals surface area (Å²) in [5, 5.41) is 0. The largest absolute Gasteiger partial charge is 0.492 e. The standard InChI is InChI=1S/C12H12N2O/c1-2-15-11-7-5-9-14-12(11)10-6-3-4-8-13-10/h3-9H,2H2,1H3. The molecule has 76 valence electrons. The molecule has 0 unspecified atom stereocenters. The number of nitrogens with zero attached hydrogens (tertiary/aromatic N) is 2. The fourth-order valence-corrected chi connectivity index (χ4v) is 1.36. The summed E-state index contributed by atoms with van der Waals surface area (Å²) >= 11 is 0. The average molecular weight is 200 g/mol. The zero-order valence-corrected chi connectivity index (χ0v) is 8.55. The topological polar surface area (TPSA) is 35.0 Å². The van der Waals surface area contributed by atoms with E-state index in [1.54, 1.807) is 12.4 Å². The van der Waals surface area contributed by atoms with E-state index in [4.69, 9.17) is 4.74 Å². The Morgan fingerprint density at radius 2 is 1.93 bits per heavy atom. The van der Waals surface area contributed by atoms with Crippen LogP contribution in [0.15, 0.2) is 42.7 Å². The number of hydrogen-bond acceptors (Lipinski definition) is 3. The molecule has 0 saturated heterocycles. The zero-order valence-electron chi connectivity index (χ0n) is 8.55. The van der Waals surface area contributed by atoms with Crippen LogP contribution in [0.5, 0.6) is 5.75 Å². The van der Waals surface area contributed by atoms with Gasteiger partial charge in [0.2, 0.25) is 0 Å². The molecule has 0 amide bonds. The highest BCUT2D eigenvalue weighted by molar-refractivity contribution is 5.61. The predicted octanol–water partition coefficient (Wildman–Crippen LogP) is 2.54. The second-order valence-corrected chi connectivity index (χ2v) is 3.00. The van der Waals surface area contributed by atoms with Crippen LogP contribution in [0.1, 0.15) is 6.92 Å². The lowest BCUT2D eigenvalue weighted by Gasteiger charge is -2.07. The average Bonchev–Trinajstić information content (AvgIpc) is 2.31. The third-order valence-corrected chi connectivity index (χ3v) is 1.98. The van der Waals surface area contributed by atoms with Gasteiger partial charge in [-0.05, 0) is 31.2 Å². The maximum Gasteiger partial charge on any atom is 0.147 e. The van der Waals surface area contributed by atoms with Crippen molar-refractivity contribution in [3.8, 4) is 17.1 Å². The Hall–Kier alpha value is -1.90. The molecule has 0 spiro atoms. The molecule has 0 radical (unpaired) electrons.